The number of alkyl halides is 1. The summed E-state index contributed by atoms with van der Waals surface area (Å²) < 4.78 is 5.91. The molecule has 2 rings (SSSR count). The van der Waals surface area contributed by atoms with E-state index in [-0.39, 0.29) is 11.5 Å². The summed E-state index contributed by atoms with van der Waals surface area (Å²) in [7, 11) is 0. The Morgan fingerprint density at radius 3 is 2.44 bits per heavy atom. The van der Waals surface area contributed by atoms with E-state index >= 15 is 0 Å². The monoisotopic (exact) mass is 266 g/mol. The second-order valence-electron chi connectivity index (χ2n) is 6.22. The highest BCUT2D eigenvalue weighted by molar-refractivity contribution is 6.18. The van der Waals surface area contributed by atoms with Crippen LogP contribution in [0.5, 0.6) is 0 Å². The minimum Gasteiger partial charge on any atom is -0.373 e. The van der Waals surface area contributed by atoms with Crippen molar-refractivity contribution in [2.24, 2.45) is 5.92 Å². The first-order chi connectivity index (χ1) is 8.52. The standard InChI is InChI=1S/C16H23ClO/c1-16(2,3)14-8-6-12(7-9-14)15-13(11-17)5-4-10-18-15/h6-9,13,15H,4-5,10-11H2,1-3H3. The molecule has 1 aliphatic heterocycles. The molecule has 0 aromatic heterocycles. The molecule has 1 fully saturated rings. The van der Waals surface area contributed by atoms with Gasteiger partial charge in [0.15, 0.2) is 0 Å². The number of hydrogen-bond acceptors (Lipinski definition) is 1. The third-order valence-corrected chi connectivity index (χ3v) is 4.14. The Balaban J connectivity index is 2.18. The van der Waals surface area contributed by atoms with Crippen LogP contribution in [-0.4, -0.2) is 12.5 Å². The largest absolute Gasteiger partial charge is 0.373 e. The van der Waals surface area contributed by atoms with E-state index in [1.807, 2.05) is 0 Å². The van der Waals surface area contributed by atoms with Gasteiger partial charge >= 0.3 is 0 Å². The van der Waals surface area contributed by atoms with Gasteiger partial charge in [-0.2, -0.15) is 0 Å². The van der Waals surface area contributed by atoms with Crippen LogP contribution in [0.15, 0.2) is 24.3 Å². The zero-order chi connectivity index (χ0) is 13.2. The van der Waals surface area contributed by atoms with Crippen LogP contribution >= 0.6 is 11.6 Å². The molecule has 0 amide bonds. The summed E-state index contributed by atoms with van der Waals surface area (Å²) >= 11 is 6.05. The topological polar surface area (TPSA) is 9.23 Å². The first-order valence-corrected chi connectivity index (χ1v) is 7.34. The van der Waals surface area contributed by atoms with Crippen LogP contribution in [0.2, 0.25) is 0 Å². The fourth-order valence-electron chi connectivity index (χ4n) is 2.54. The smallest absolute Gasteiger partial charge is 0.0864 e. The summed E-state index contributed by atoms with van der Waals surface area (Å²) in [5.74, 6) is 1.15. The van der Waals surface area contributed by atoms with Crippen LogP contribution in [0.1, 0.15) is 50.8 Å². The molecular formula is C16H23ClO. The van der Waals surface area contributed by atoms with Crippen LogP contribution in [0.3, 0.4) is 0 Å². The molecule has 18 heavy (non-hydrogen) atoms. The molecule has 100 valence electrons. The lowest BCUT2D eigenvalue weighted by Crippen LogP contribution is -2.24. The summed E-state index contributed by atoms with van der Waals surface area (Å²) in [5, 5.41) is 0. The van der Waals surface area contributed by atoms with Gasteiger partial charge < -0.3 is 4.74 Å². The minimum atomic E-state index is 0.185. The Kier molecular flexibility index (Phi) is 4.34. The van der Waals surface area contributed by atoms with Gasteiger partial charge in [0, 0.05) is 18.4 Å². The SMILES string of the molecule is CC(C)(C)c1ccc(C2OCCCC2CCl)cc1. The van der Waals surface area contributed by atoms with E-state index < -0.39 is 0 Å². The van der Waals surface area contributed by atoms with Crippen LogP contribution in [-0.2, 0) is 10.2 Å². The Morgan fingerprint density at radius 2 is 1.89 bits per heavy atom. The van der Waals surface area contributed by atoms with E-state index in [9.17, 15) is 0 Å². The summed E-state index contributed by atoms with van der Waals surface area (Å²) in [4.78, 5) is 0. The zero-order valence-electron chi connectivity index (χ0n) is 11.6. The molecule has 0 saturated carbocycles. The highest BCUT2D eigenvalue weighted by Crippen LogP contribution is 2.35. The van der Waals surface area contributed by atoms with Crippen molar-refractivity contribution in [2.45, 2.75) is 45.1 Å². The van der Waals surface area contributed by atoms with Crippen LogP contribution in [0.25, 0.3) is 0 Å². The first-order valence-electron chi connectivity index (χ1n) is 6.80. The second-order valence-corrected chi connectivity index (χ2v) is 6.53. The van der Waals surface area contributed by atoms with E-state index in [1.165, 1.54) is 17.5 Å². The normalized spacial score (nSPS) is 25.1. The van der Waals surface area contributed by atoms with Crippen molar-refractivity contribution in [2.75, 3.05) is 12.5 Å². The quantitative estimate of drug-likeness (QED) is 0.706. The fourth-order valence-corrected chi connectivity index (χ4v) is 2.86. The van der Waals surface area contributed by atoms with Gasteiger partial charge in [-0.25, -0.2) is 0 Å². The maximum absolute atomic E-state index is 6.05. The van der Waals surface area contributed by atoms with Crippen LogP contribution in [0.4, 0.5) is 0 Å². The molecular weight excluding hydrogens is 244 g/mol. The molecule has 2 unspecified atom stereocenters. The van der Waals surface area contributed by atoms with Crippen molar-refractivity contribution < 1.29 is 4.74 Å². The van der Waals surface area contributed by atoms with Gasteiger partial charge in [-0.15, -0.1) is 11.6 Å². The van der Waals surface area contributed by atoms with E-state index in [0.29, 0.717) is 11.8 Å². The molecule has 0 spiro atoms. The van der Waals surface area contributed by atoms with Crippen LogP contribution in [0, 0.1) is 5.92 Å². The van der Waals surface area contributed by atoms with Crippen molar-refractivity contribution in [1.82, 2.24) is 0 Å². The molecule has 0 aliphatic carbocycles. The Hall–Kier alpha value is -0.530. The number of hydrogen-bond donors (Lipinski definition) is 0. The fraction of sp³-hybridized carbons (Fsp3) is 0.625. The van der Waals surface area contributed by atoms with Gasteiger partial charge in [0.1, 0.15) is 0 Å². The first kappa shape index (κ1) is 13.9. The predicted molar refractivity (Wildman–Crippen MR) is 77.3 cm³/mol. The van der Waals surface area contributed by atoms with E-state index in [2.05, 4.69) is 45.0 Å². The summed E-state index contributed by atoms with van der Waals surface area (Å²) in [5.41, 5.74) is 2.84. The van der Waals surface area contributed by atoms with Gasteiger partial charge in [-0.05, 0) is 29.4 Å². The molecule has 0 N–H and O–H groups in total. The molecule has 1 saturated heterocycles. The Labute approximate surface area is 115 Å². The second kappa shape index (κ2) is 5.63. The predicted octanol–water partition coefficient (Wildman–Crippen LogP) is 4.69. The van der Waals surface area contributed by atoms with Crippen molar-refractivity contribution in [3.63, 3.8) is 0 Å². The zero-order valence-corrected chi connectivity index (χ0v) is 12.3. The number of benzene rings is 1. The lowest BCUT2D eigenvalue weighted by Gasteiger charge is -2.31. The number of halogens is 1. The molecule has 1 nitrogen and oxygen atoms in total. The van der Waals surface area contributed by atoms with Gasteiger partial charge in [-0.3, -0.25) is 0 Å². The molecule has 2 heteroatoms. The molecule has 1 aromatic rings. The van der Waals surface area contributed by atoms with Crippen molar-refractivity contribution in [1.29, 1.82) is 0 Å². The third kappa shape index (κ3) is 3.07. The van der Waals surface area contributed by atoms with Gasteiger partial charge in [0.25, 0.3) is 0 Å². The van der Waals surface area contributed by atoms with Crippen molar-refractivity contribution in [3.8, 4) is 0 Å². The van der Waals surface area contributed by atoms with Crippen molar-refractivity contribution in [3.05, 3.63) is 35.4 Å². The average molecular weight is 267 g/mol. The maximum Gasteiger partial charge on any atom is 0.0864 e. The number of ether oxygens (including phenoxy) is 1. The van der Waals surface area contributed by atoms with Crippen LogP contribution < -0.4 is 0 Å². The average Bonchev–Trinajstić information content (AvgIpc) is 2.38. The summed E-state index contributed by atoms with van der Waals surface area (Å²) in [6, 6.07) is 8.85. The van der Waals surface area contributed by atoms with Crippen molar-refractivity contribution >= 4 is 11.6 Å². The van der Waals surface area contributed by atoms with E-state index in [4.69, 9.17) is 16.3 Å². The maximum atomic E-state index is 6.05. The lowest BCUT2D eigenvalue weighted by molar-refractivity contribution is -0.0208. The summed E-state index contributed by atoms with van der Waals surface area (Å²) in [6.45, 7) is 7.57. The Bertz CT molecular complexity index is 377. The molecule has 0 bridgehead atoms. The molecule has 1 heterocycles. The van der Waals surface area contributed by atoms with Gasteiger partial charge in [-0.1, -0.05) is 45.0 Å². The Morgan fingerprint density at radius 1 is 1.22 bits per heavy atom. The lowest BCUT2D eigenvalue weighted by atomic mass is 9.85. The molecule has 1 aliphatic rings. The molecule has 0 radical (unpaired) electrons. The van der Waals surface area contributed by atoms with Gasteiger partial charge in [0.2, 0.25) is 0 Å². The van der Waals surface area contributed by atoms with E-state index in [0.717, 1.165) is 13.0 Å². The summed E-state index contributed by atoms with van der Waals surface area (Å²) in [6.07, 6.45) is 2.49. The van der Waals surface area contributed by atoms with Gasteiger partial charge in [0.05, 0.1) is 6.10 Å². The van der Waals surface area contributed by atoms with E-state index in [1.54, 1.807) is 0 Å². The molecule has 1 aromatic carbocycles. The third-order valence-electron chi connectivity index (χ3n) is 3.75. The molecule has 2 atom stereocenters. The highest BCUT2D eigenvalue weighted by atomic mass is 35.5. The highest BCUT2D eigenvalue weighted by Gasteiger charge is 2.27. The number of rotatable bonds is 2. The minimum absolute atomic E-state index is 0.185.